The Labute approximate surface area is 132 Å². The van der Waals surface area contributed by atoms with Crippen molar-refractivity contribution < 1.29 is 9.15 Å². The minimum absolute atomic E-state index is 0.469. The van der Waals surface area contributed by atoms with Gasteiger partial charge in [0, 0.05) is 23.5 Å². The first-order chi connectivity index (χ1) is 11.4. The highest BCUT2D eigenvalue weighted by molar-refractivity contribution is 5.83. The van der Waals surface area contributed by atoms with Gasteiger partial charge in [-0.15, -0.1) is 0 Å². The fraction of sp³-hybridized carbons (Fsp3) is 0.0556. The summed E-state index contributed by atoms with van der Waals surface area (Å²) in [5.74, 6) is 1.02. The third-order valence-corrected chi connectivity index (χ3v) is 3.56. The third kappa shape index (κ3) is 2.32. The van der Waals surface area contributed by atoms with Crippen molar-refractivity contribution in [1.82, 2.24) is 15.0 Å². The van der Waals surface area contributed by atoms with E-state index in [9.17, 15) is 0 Å². The molecule has 5 nitrogen and oxygen atoms in total. The first-order valence-electron chi connectivity index (χ1n) is 7.17. The second kappa shape index (κ2) is 5.53. The normalized spacial score (nSPS) is 10.8. The van der Waals surface area contributed by atoms with Gasteiger partial charge in [-0.05, 0) is 18.2 Å². The van der Waals surface area contributed by atoms with Crippen LogP contribution in [0.4, 0.5) is 0 Å². The lowest BCUT2D eigenvalue weighted by atomic mass is 10.0. The number of rotatable bonds is 3. The van der Waals surface area contributed by atoms with Crippen LogP contribution in [0.5, 0.6) is 5.88 Å². The number of methoxy groups -OCH3 is 1. The minimum Gasteiger partial charge on any atom is -0.479 e. The molecule has 0 bridgehead atoms. The number of aromatic nitrogens is 3. The molecule has 0 aliphatic carbocycles. The van der Waals surface area contributed by atoms with E-state index in [1.807, 2.05) is 48.5 Å². The van der Waals surface area contributed by atoms with Crippen LogP contribution in [0, 0.1) is 0 Å². The van der Waals surface area contributed by atoms with Crippen LogP contribution in [0.15, 0.2) is 65.3 Å². The summed E-state index contributed by atoms with van der Waals surface area (Å²) in [6, 6.07) is 15.5. The van der Waals surface area contributed by atoms with Crippen molar-refractivity contribution >= 4 is 11.1 Å². The van der Waals surface area contributed by atoms with Crippen LogP contribution in [-0.4, -0.2) is 22.1 Å². The number of nitrogens with zero attached hydrogens (tertiary/aromatic N) is 3. The predicted octanol–water partition coefficient (Wildman–Crippen LogP) is 3.96. The van der Waals surface area contributed by atoms with Gasteiger partial charge in [-0.3, -0.25) is 0 Å². The van der Waals surface area contributed by atoms with Gasteiger partial charge in [0.25, 0.3) is 0 Å². The van der Waals surface area contributed by atoms with Gasteiger partial charge in [0.15, 0.2) is 5.58 Å². The van der Waals surface area contributed by atoms with E-state index in [2.05, 4.69) is 15.0 Å². The molecule has 0 atom stereocenters. The topological polar surface area (TPSA) is 61.0 Å². The number of hydrogen-bond acceptors (Lipinski definition) is 5. The number of para-hydroxylation sites is 2. The Hall–Kier alpha value is -3.21. The highest BCUT2D eigenvalue weighted by Gasteiger charge is 2.17. The maximum absolute atomic E-state index is 5.89. The predicted molar refractivity (Wildman–Crippen MR) is 87.0 cm³/mol. The van der Waals surface area contributed by atoms with E-state index in [4.69, 9.17) is 9.15 Å². The van der Waals surface area contributed by atoms with Crippen LogP contribution >= 0.6 is 0 Å². The molecule has 0 radical (unpaired) electrons. The first kappa shape index (κ1) is 13.5. The van der Waals surface area contributed by atoms with Crippen LogP contribution in [0.25, 0.3) is 33.8 Å². The van der Waals surface area contributed by atoms with Crippen molar-refractivity contribution in [3.63, 3.8) is 0 Å². The summed E-state index contributed by atoms with van der Waals surface area (Å²) in [5, 5.41) is 0. The lowest BCUT2D eigenvalue weighted by molar-refractivity contribution is 0.398. The summed E-state index contributed by atoms with van der Waals surface area (Å²) in [6.07, 6.45) is 3.24. The van der Waals surface area contributed by atoms with Gasteiger partial charge in [-0.25, -0.2) is 15.0 Å². The summed E-state index contributed by atoms with van der Waals surface area (Å²) in [5.41, 5.74) is 3.95. The van der Waals surface area contributed by atoms with Crippen LogP contribution in [0.1, 0.15) is 0 Å². The summed E-state index contributed by atoms with van der Waals surface area (Å²) >= 11 is 0. The Kier molecular flexibility index (Phi) is 3.24. The molecule has 0 spiro atoms. The van der Waals surface area contributed by atoms with Gasteiger partial charge in [0.05, 0.1) is 7.11 Å². The number of oxazole rings is 1. The summed E-state index contributed by atoms with van der Waals surface area (Å²) in [6.45, 7) is 0. The number of fused-ring (bicyclic) bond motifs is 1. The van der Waals surface area contributed by atoms with E-state index in [1.165, 1.54) is 0 Å². The molecule has 0 aliphatic rings. The molecule has 23 heavy (non-hydrogen) atoms. The maximum atomic E-state index is 5.89. The Morgan fingerprint density at radius 2 is 1.61 bits per heavy atom. The fourth-order valence-corrected chi connectivity index (χ4v) is 2.52. The van der Waals surface area contributed by atoms with Gasteiger partial charge < -0.3 is 9.15 Å². The summed E-state index contributed by atoms with van der Waals surface area (Å²) < 4.78 is 11.2. The van der Waals surface area contributed by atoms with Crippen molar-refractivity contribution in [2.24, 2.45) is 0 Å². The molecule has 0 amide bonds. The standard InChI is InChI=1S/C18H13N3O2/c1-22-18-16(19-10-11-20-18)12-6-2-3-7-13(12)17-21-14-8-4-5-9-15(14)23-17/h2-11H,1H3. The molecule has 0 unspecified atom stereocenters. The van der Waals surface area contributed by atoms with E-state index < -0.39 is 0 Å². The Balaban J connectivity index is 1.93. The molecule has 4 aromatic rings. The van der Waals surface area contributed by atoms with Crippen LogP contribution in [-0.2, 0) is 0 Å². The first-order valence-corrected chi connectivity index (χ1v) is 7.17. The van der Waals surface area contributed by atoms with Crippen molar-refractivity contribution in [3.05, 3.63) is 60.9 Å². The minimum atomic E-state index is 0.469. The van der Waals surface area contributed by atoms with Gasteiger partial charge in [-0.2, -0.15) is 0 Å². The van der Waals surface area contributed by atoms with E-state index in [0.717, 1.165) is 22.2 Å². The Morgan fingerprint density at radius 3 is 2.43 bits per heavy atom. The number of benzene rings is 2. The molecule has 0 fully saturated rings. The molecule has 112 valence electrons. The van der Waals surface area contributed by atoms with Crippen molar-refractivity contribution in [1.29, 1.82) is 0 Å². The van der Waals surface area contributed by atoms with E-state index >= 15 is 0 Å². The van der Waals surface area contributed by atoms with Crippen LogP contribution in [0.2, 0.25) is 0 Å². The second-order valence-electron chi connectivity index (χ2n) is 4.95. The molecular weight excluding hydrogens is 290 g/mol. The summed E-state index contributed by atoms with van der Waals surface area (Å²) in [4.78, 5) is 13.2. The molecule has 2 aromatic heterocycles. The quantitative estimate of drug-likeness (QED) is 0.573. The highest BCUT2D eigenvalue weighted by atomic mass is 16.5. The van der Waals surface area contributed by atoms with Crippen LogP contribution in [0.3, 0.4) is 0 Å². The van der Waals surface area contributed by atoms with Crippen LogP contribution < -0.4 is 4.74 Å². The van der Waals surface area contributed by atoms with Gasteiger partial charge in [0.1, 0.15) is 11.2 Å². The van der Waals surface area contributed by atoms with Gasteiger partial charge >= 0.3 is 0 Å². The van der Waals surface area contributed by atoms with E-state index in [0.29, 0.717) is 17.5 Å². The molecule has 2 heterocycles. The number of ether oxygens (including phenoxy) is 1. The molecule has 5 heteroatoms. The largest absolute Gasteiger partial charge is 0.479 e. The van der Waals surface area contributed by atoms with E-state index in [1.54, 1.807) is 19.5 Å². The SMILES string of the molecule is COc1nccnc1-c1ccccc1-c1nc2ccccc2o1. The molecule has 2 aromatic carbocycles. The van der Waals surface area contributed by atoms with Crippen molar-refractivity contribution in [2.75, 3.05) is 7.11 Å². The zero-order chi connectivity index (χ0) is 15.6. The van der Waals surface area contributed by atoms with Gasteiger partial charge in [0.2, 0.25) is 11.8 Å². The van der Waals surface area contributed by atoms with Gasteiger partial charge in [-0.1, -0.05) is 30.3 Å². The van der Waals surface area contributed by atoms with E-state index in [-0.39, 0.29) is 0 Å². The molecule has 0 N–H and O–H groups in total. The molecule has 4 rings (SSSR count). The molecular formula is C18H13N3O2. The molecule has 0 aliphatic heterocycles. The number of hydrogen-bond donors (Lipinski definition) is 0. The lowest BCUT2D eigenvalue weighted by Gasteiger charge is -2.08. The van der Waals surface area contributed by atoms with Crippen molar-refractivity contribution in [3.8, 4) is 28.6 Å². The highest BCUT2D eigenvalue weighted by Crippen LogP contribution is 2.35. The zero-order valence-corrected chi connectivity index (χ0v) is 12.4. The maximum Gasteiger partial charge on any atom is 0.240 e. The lowest BCUT2D eigenvalue weighted by Crippen LogP contribution is -1.95. The zero-order valence-electron chi connectivity index (χ0n) is 12.4. The fourth-order valence-electron chi connectivity index (χ4n) is 2.52. The summed E-state index contributed by atoms with van der Waals surface area (Å²) in [7, 11) is 1.58. The van der Waals surface area contributed by atoms with Crippen molar-refractivity contribution in [2.45, 2.75) is 0 Å². The third-order valence-electron chi connectivity index (χ3n) is 3.56. The Bertz CT molecular complexity index is 946. The molecule has 0 saturated carbocycles. The molecule has 0 saturated heterocycles. The Morgan fingerprint density at radius 1 is 0.870 bits per heavy atom. The smallest absolute Gasteiger partial charge is 0.240 e. The monoisotopic (exact) mass is 303 g/mol. The second-order valence-corrected chi connectivity index (χ2v) is 4.95. The average molecular weight is 303 g/mol. The average Bonchev–Trinajstić information content (AvgIpc) is 3.05.